The van der Waals surface area contributed by atoms with Gasteiger partial charge in [0.25, 0.3) is 0 Å². The van der Waals surface area contributed by atoms with Gasteiger partial charge >= 0.3 is 0 Å². The first kappa shape index (κ1) is 17.9. The summed E-state index contributed by atoms with van der Waals surface area (Å²) in [6.45, 7) is 6.53. The highest BCUT2D eigenvalue weighted by molar-refractivity contribution is 7.90. The third-order valence-corrected chi connectivity index (χ3v) is 5.38. The van der Waals surface area contributed by atoms with Crippen molar-refractivity contribution in [2.24, 2.45) is 5.92 Å². The smallest absolute Gasteiger partial charge is 0.237 e. The second kappa shape index (κ2) is 7.45. The Balaban J connectivity index is 1.97. The lowest BCUT2D eigenvalue weighted by Crippen LogP contribution is -2.48. The maximum Gasteiger partial charge on any atom is 0.237 e. The highest BCUT2D eigenvalue weighted by atomic mass is 32.2. The van der Waals surface area contributed by atoms with E-state index in [2.05, 4.69) is 24.1 Å². The van der Waals surface area contributed by atoms with Crippen LogP contribution in [0, 0.1) is 5.92 Å². The van der Waals surface area contributed by atoms with Gasteiger partial charge in [-0.25, -0.2) is 8.42 Å². The first-order valence-corrected chi connectivity index (χ1v) is 9.99. The molecule has 128 valence electrons. The van der Waals surface area contributed by atoms with Crippen molar-refractivity contribution in [3.63, 3.8) is 0 Å². The zero-order valence-electron chi connectivity index (χ0n) is 14.1. The molecule has 0 aliphatic carbocycles. The average Bonchev–Trinajstić information content (AvgIpc) is 2.98. The third kappa shape index (κ3) is 4.78. The highest BCUT2D eigenvalue weighted by Gasteiger charge is 2.30. The number of likely N-dealkylation sites (tertiary alicyclic amines) is 1. The standard InChI is InChI=1S/C17H26N2O3S/c1-13(2)16(19-10-4-5-11-19)17(20)18-12-14-6-8-15(9-7-14)23(3,21)22/h6-9,13,16H,4-5,10-12H2,1-3H3,(H,18,20). The Labute approximate surface area is 139 Å². The Bertz CT molecular complexity index is 632. The molecule has 1 amide bonds. The van der Waals surface area contributed by atoms with Crippen LogP contribution in [0.4, 0.5) is 0 Å². The molecule has 0 bridgehead atoms. The molecule has 0 aromatic heterocycles. The van der Waals surface area contributed by atoms with Crippen LogP contribution in [0.3, 0.4) is 0 Å². The number of rotatable bonds is 6. The Morgan fingerprint density at radius 3 is 2.22 bits per heavy atom. The van der Waals surface area contributed by atoms with Gasteiger partial charge in [-0.15, -0.1) is 0 Å². The van der Waals surface area contributed by atoms with Crippen LogP contribution in [0.25, 0.3) is 0 Å². The van der Waals surface area contributed by atoms with E-state index in [0.29, 0.717) is 11.4 Å². The van der Waals surface area contributed by atoms with Gasteiger partial charge in [-0.3, -0.25) is 9.69 Å². The Kier molecular flexibility index (Phi) is 5.81. The first-order chi connectivity index (χ1) is 10.8. The SMILES string of the molecule is CC(C)C(C(=O)NCc1ccc(S(C)(=O)=O)cc1)N1CCCC1. The average molecular weight is 338 g/mol. The maximum atomic E-state index is 12.5. The monoisotopic (exact) mass is 338 g/mol. The predicted octanol–water partition coefficient (Wildman–Crippen LogP) is 1.83. The normalized spacial score (nSPS) is 17.4. The van der Waals surface area contributed by atoms with Gasteiger partial charge in [0.15, 0.2) is 9.84 Å². The second-order valence-electron chi connectivity index (χ2n) is 6.57. The number of carbonyl (C=O) groups excluding carboxylic acids is 1. The molecule has 23 heavy (non-hydrogen) atoms. The van der Waals surface area contributed by atoms with Crippen LogP contribution < -0.4 is 5.32 Å². The van der Waals surface area contributed by atoms with Crippen LogP contribution in [-0.2, 0) is 21.2 Å². The summed E-state index contributed by atoms with van der Waals surface area (Å²) in [5, 5.41) is 2.99. The third-order valence-electron chi connectivity index (χ3n) is 4.25. The Morgan fingerprint density at radius 2 is 1.74 bits per heavy atom. The van der Waals surface area contributed by atoms with E-state index in [4.69, 9.17) is 0 Å². The summed E-state index contributed by atoms with van der Waals surface area (Å²) in [7, 11) is -3.18. The maximum absolute atomic E-state index is 12.5. The van der Waals surface area contributed by atoms with E-state index in [0.717, 1.165) is 31.5 Å². The van der Waals surface area contributed by atoms with Gasteiger partial charge in [-0.05, 0) is 49.5 Å². The summed E-state index contributed by atoms with van der Waals surface area (Å²) in [6, 6.07) is 6.56. The van der Waals surface area contributed by atoms with Crippen LogP contribution in [0.2, 0.25) is 0 Å². The molecule has 6 heteroatoms. The van der Waals surface area contributed by atoms with Crippen LogP contribution >= 0.6 is 0 Å². The van der Waals surface area contributed by atoms with Gasteiger partial charge in [0.2, 0.25) is 5.91 Å². The summed E-state index contributed by atoms with van der Waals surface area (Å²) < 4.78 is 22.9. The molecule has 1 heterocycles. The van der Waals surface area contributed by atoms with Crippen LogP contribution in [0.15, 0.2) is 29.2 Å². The van der Waals surface area contributed by atoms with Crippen molar-refractivity contribution in [2.45, 2.75) is 44.2 Å². The minimum absolute atomic E-state index is 0.0501. The highest BCUT2D eigenvalue weighted by Crippen LogP contribution is 2.18. The molecule has 1 aromatic rings. The number of sulfone groups is 1. The number of amides is 1. The minimum atomic E-state index is -3.18. The molecule has 1 aliphatic heterocycles. The topological polar surface area (TPSA) is 66.5 Å². The minimum Gasteiger partial charge on any atom is -0.351 e. The van der Waals surface area contributed by atoms with Gasteiger partial charge < -0.3 is 5.32 Å². The van der Waals surface area contributed by atoms with E-state index in [1.807, 2.05) is 0 Å². The van der Waals surface area contributed by atoms with E-state index in [1.165, 1.54) is 6.26 Å². The van der Waals surface area contributed by atoms with Crippen LogP contribution in [-0.4, -0.2) is 44.6 Å². The number of hydrogen-bond donors (Lipinski definition) is 1. The van der Waals surface area contributed by atoms with E-state index >= 15 is 0 Å². The molecule has 1 N–H and O–H groups in total. The van der Waals surface area contributed by atoms with Crippen molar-refractivity contribution in [3.05, 3.63) is 29.8 Å². The van der Waals surface area contributed by atoms with E-state index < -0.39 is 9.84 Å². The van der Waals surface area contributed by atoms with E-state index in [-0.39, 0.29) is 17.9 Å². The fraction of sp³-hybridized carbons (Fsp3) is 0.588. The summed E-state index contributed by atoms with van der Waals surface area (Å²) >= 11 is 0. The quantitative estimate of drug-likeness (QED) is 0.859. The lowest BCUT2D eigenvalue weighted by Gasteiger charge is -2.29. The van der Waals surface area contributed by atoms with Crippen molar-refractivity contribution in [1.82, 2.24) is 10.2 Å². The summed E-state index contributed by atoms with van der Waals surface area (Å²) in [6.07, 6.45) is 3.50. The molecule has 0 saturated carbocycles. The largest absolute Gasteiger partial charge is 0.351 e. The van der Waals surface area contributed by atoms with Crippen LogP contribution in [0.1, 0.15) is 32.3 Å². The number of hydrogen-bond acceptors (Lipinski definition) is 4. The van der Waals surface area contributed by atoms with Gasteiger partial charge in [-0.1, -0.05) is 26.0 Å². The van der Waals surface area contributed by atoms with Gasteiger partial charge in [0.1, 0.15) is 0 Å². The van der Waals surface area contributed by atoms with Crippen molar-refractivity contribution < 1.29 is 13.2 Å². The number of benzene rings is 1. The molecule has 1 unspecified atom stereocenters. The predicted molar refractivity (Wildman–Crippen MR) is 90.8 cm³/mol. The Morgan fingerprint density at radius 1 is 1.17 bits per heavy atom. The lowest BCUT2D eigenvalue weighted by atomic mass is 10.0. The Hall–Kier alpha value is -1.40. The molecule has 1 aromatic carbocycles. The van der Waals surface area contributed by atoms with Gasteiger partial charge in [0.05, 0.1) is 10.9 Å². The number of nitrogens with one attached hydrogen (secondary N) is 1. The van der Waals surface area contributed by atoms with Crippen molar-refractivity contribution in [3.8, 4) is 0 Å². The number of nitrogens with zero attached hydrogens (tertiary/aromatic N) is 1. The zero-order valence-corrected chi connectivity index (χ0v) is 14.9. The second-order valence-corrected chi connectivity index (χ2v) is 8.58. The molecule has 1 saturated heterocycles. The molecule has 0 radical (unpaired) electrons. The molecular weight excluding hydrogens is 312 g/mol. The van der Waals surface area contributed by atoms with Gasteiger partial charge in [-0.2, -0.15) is 0 Å². The fourth-order valence-electron chi connectivity index (χ4n) is 3.06. The molecule has 5 nitrogen and oxygen atoms in total. The van der Waals surface area contributed by atoms with Gasteiger partial charge in [0, 0.05) is 12.8 Å². The molecule has 1 aliphatic rings. The number of carbonyl (C=O) groups is 1. The van der Waals surface area contributed by atoms with Crippen LogP contribution in [0.5, 0.6) is 0 Å². The fourth-order valence-corrected chi connectivity index (χ4v) is 3.69. The van der Waals surface area contributed by atoms with E-state index in [1.54, 1.807) is 24.3 Å². The van der Waals surface area contributed by atoms with Crippen molar-refractivity contribution >= 4 is 15.7 Å². The summed E-state index contributed by atoms with van der Waals surface area (Å²) in [5.74, 6) is 0.315. The lowest BCUT2D eigenvalue weighted by molar-refractivity contribution is -0.127. The zero-order chi connectivity index (χ0) is 17.0. The van der Waals surface area contributed by atoms with E-state index in [9.17, 15) is 13.2 Å². The van der Waals surface area contributed by atoms with Crippen molar-refractivity contribution in [2.75, 3.05) is 19.3 Å². The molecule has 2 rings (SSSR count). The molecule has 1 atom stereocenters. The van der Waals surface area contributed by atoms with Crippen molar-refractivity contribution in [1.29, 1.82) is 0 Å². The summed E-state index contributed by atoms with van der Waals surface area (Å²) in [4.78, 5) is 15.1. The first-order valence-electron chi connectivity index (χ1n) is 8.10. The molecule has 0 spiro atoms. The molecular formula is C17H26N2O3S. The molecule has 1 fully saturated rings. The summed E-state index contributed by atoms with van der Waals surface area (Å²) in [5.41, 5.74) is 0.898.